The topological polar surface area (TPSA) is 87.0 Å². The molecule has 6 rings (SSSR count). The summed E-state index contributed by atoms with van der Waals surface area (Å²) in [4.78, 5) is 26.5. The van der Waals surface area contributed by atoms with Gasteiger partial charge in [-0.3, -0.25) is 4.79 Å². The summed E-state index contributed by atoms with van der Waals surface area (Å²) in [6.07, 6.45) is -0.975. The van der Waals surface area contributed by atoms with Crippen LogP contribution in [0.4, 0.5) is 5.69 Å². The van der Waals surface area contributed by atoms with E-state index in [1.807, 2.05) is 36.4 Å². The van der Waals surface area contributed by atoms with E-state index in [4.69, 9.17) is 18.6 Å². The standard InChI is InChI=1S/C26H19NO6/c28-25(27-16-6-2-1-3-7-16)24-21(15-10-11-19-20(14-15)31-13-12-30-19)22-23(33-24)17-8-4-5-9-18(17)32-26(22)29/h1-11,14,21,24H,12-13H2,(H,27,28)/t21-,24-/m0/s1. The monoisotopic (exact) mass is 441 g/mol. The predicted molar refractivity (Wildman–Crippen MR) is 121 cm³/mol. The minimum absolute atomic E-state index is 0.318. The van der Waals surface area contributed by atoms with Crippen LogP contribution >= 0.6 is 0 Å². The molecule has 0 saturated carbocycles. The Bertz CT molecular complexity index is 1430. The molecule has 7 nitrogen and oxygen atoms in total. The summed E-state index contributed by atoms with van der Waals surface area (Å²) in [7, 11) is 0. The number of nitrogens with one attached hydrogen (secondary N) is 1. The fraction of sp³-hybridized carbons (Fsp3) is 0.154. The highest BCUT2D eigenvalue weighted by atomic mass is 16.6. The molecule has 3 heterocycles. The van der Waals surface area contributed by atoms with E-state index < -0.39 is 17.6 Å². The van der Waals surface area contributed by atoms with Crippen molar-refractivity contribution < 1.29 is 23.4 Å². The fourth-order valence-electron chi connectivity index (χ4n) is 4.41. The molecule has 3 aromatic carbocycles. The van der Waals surface area contributed by atoms with Gasteiger partial charge in [-0.15, -0.1) is 0 Å². The molecule has 164 valence electrons. The number of ether oxygens (including phenoxy) is 3. The van der Waals surface area contributed by atoms with Gasteiger partial charge in [0.25, 0.3) is 5.91 Å². The number of rotatable bonds is 3. The van der Waals surface area contributed by atoms with Crippen LogP contribution in [0.3, 0.4) is 0 Å². The average Bonchev–Trinajstić information content (AvgIpc) is 3.26. The van der Waals surface area contributed by atoms with Gasteiger partial charge in [0, 0.05) is 5.69 Å². The summed E-state index contributed by atoms with van der Waals surface area (Å²) >= 11 is 0. The minimum Gasteiger partial charge on any atom is -0.486 e. The fourth-order valence-corrected chi connectivity index (χ4v) is 4.41. The Morgan fingerprint density at radius 2 is 1.64 bits per heavy atom. The van der Waals surface area contributed by atoms with Crippen LogP contribution in [0, 0.1) is 0 Å². The first kappa shape index (κ1) is 19.4. The molecule has 0 unspecified atom stereocenters. The highest BCUT2D eigenvalue weighted by Gasteiger charge is 2.44. The van der Waals surface area contributed by atoms with Gasteiger partial charge in [0.1, 0.15) is 24.5 Å². The molecule has 1 N–H and O–H groups in total. The Morgan fingerprint density at radius 1 is 0.879 bits per heavy atom. The van der Waals surface area contributed by atoms with Crippen molar-refractivity contribution in [1.29, 1.82) is 0 Å². The van der Waals surface area contributed by atoms with Gasteiger partial charge in [0.15, 0.2) is 17.6 Å². The van der Waals surface area contributed by atoms with Gasteiger partial charge in [-0.2, -0.15) is 0 Å². The van der Waals surface area contributed by atoms with E-state index in [2.05, 4.69) is 5.32 Å². The molecule has 2 aliphatic heterocycles. The second kappa shape index (κ2) is 7.70. The number of carbonyl (C=O) groups is 1. The third kappa shape index (κ3) is 3.29. The number of fused-ring (bicyclic) bond motifs is 4. The number of carbonyl (C=O) groups excluding carboxylic acids is 1. The van der Waals surface area contributed by atoms with Crippen LogP contribution in [0.1, 0.15) is 17.0 Å². The largest absolute Gasteiger partial charge is 0.486 e. The Labute approximate surface area is 188 Å². The Kier molecular flexibility index (Phi) is 4.54. The predicted octanol–water partition coefficient (Wildman–Crippen LogP) is 4.10. The molecular weight excluding hydrogens is 422 g/mol. The zero-order valence-corrected chi connectivity index (χ0v) is 17.4. The van der Waals surface area contributed by atoms with E-state index in [1.165, 1.54) is 0 Å². The van der Waals surface area contributed by atoms with Gasteiger partial charge in [-0.05, 0) is 42.0 Å². The van der Waals surface area contributed by atoms with Crippen LogP contribution in [0.25, 0.3) is 11.0 Å². The molecule has 0 spiro atoms. The number of para-hydroxylation sites is 2. The molecular formula is C26H19NO6. The first-order chi connectivity index (χ1) is 16.2. The van der Waals surface area contributed by atoms with Crippen LogP contribution in [0.2, 0.25) is 0 Å². The summed E-state index contributed by atoms with van der Waals surface area (Å²) in [5.74, 6) is 0.524. The molecule has 4 aromatic rings. The lowest BCUT2D eigenvalue weighted by Crippen LogP contribution is -2.35. The number of benzene rings is 3. The lowest BCUT2D eigenvalue weighted by atomic mass is 9.88. The summed E-state index contributed by atoms with van der Waals surface area (Å²) in [6.45, 7) is 0.901. The van der Waals surface area contributed by atoms with E-state index in [9.17, 15) is 9.59 Å². The van der Waals surface area contributed by atoms with Crippen molar-refractivity contribution in [3.8, 4) is 17.2 Å². The van der Waals surface area contributed by atoms with Crippen LogP contribution < -0.4 is 25.2 Å². The van der Waals surface area contributed by atoms with Gasteiger partial charge >= 0.3 is 5.63 Å². The Hall–Kier alpha value is -4.26. The molecule has 0 fully saturated rings. The summed E-state index contributed by atoms with van der Waals surface area (Å²) in [5.41, 5.74) is 1.54. The lowest BCUT2D eigenvalue weighted by Gasteiger charge is -2.22. The second-order valence-electron chi connectivity index (χ2n) is 7.90. The van der Waals surface area contributed by atoms with Gasteiger partial charge in [-0.25, -0.2) is 4.79 Å². The molecule has 0 saturated heterocycles. The maximum absolute atomic E-state index is 13.4. The second-order valence-corrected chi connectivity index (χ2v) is 7.90. The average molecular weight is 441 g/mol. The third-order valence-corrected chi connectivity index (χ3v) is 5.88. The number of hydrogen-bond acceptors (Lipinski definition) is 6. The molecule has 0 aliphatic carbocycles. The van der Waals surface area contributed by atoms with E-state index in [1.54, 1.807) is 36.4 Å². The van der Waals surface area contributed by atoms with E-state index >= 15 is 0 Å². The van der Waals surface area contributed by atoms with Crippen LogP contribution in [0.15, 0.2) is 82.0 Å². The van der Waals surface area contributed by atoms with Gasteiger partial charge in [-0.1, -0.05) is 36.4 Å². The van der Waals surface area contributed by atoms with Crippen LogP contribution in [-0.2, 0) is 4.79 Å². The highest BCUT2D eigenvalue weighted by molar-refractivity contribution is 5.97. The third-order valence-electron chi connectivity index (χ3n) is 5.88. The SMILES string of the molecule is O=C(Nc1ccccc1)[C@H]1Oc2c(c(=O)oc3ccccc23)[C@@H]1c1ccc2c(c1)OCCO2. The molecule has 2 atom stereocenters. The first-order valence-corrected chi connectivity index (χ1v) is 10.7. The maximum atomic E-state index is 13.4. The molecule has 7 heteroatoms. The van der Waals surface area contributed by atoms with Crippen molar-refractivity contribution in [3.63, 3.8) is 0 Å². The van der Waals surface area contributed by atoms with Gasteiger partial charge < -0.3 is 23.9 Å². The van der Waals surface area contributed by atoms with Crippen LogP contribution in [-0.4, -0.2) is 25.2 Å². The molecule has 33 heavy (non-hydrogen) atoms. The first-order valence-electron chi connectivity index (χ1n) is 10.7. The highest BCUT2D eigenvalue weighted by Crippen LogP contribution is 2.46. The smallest absolute Gasteiger partial charge is 0.344 e. The van der Waals surface area contributed by atoms with E-state index in [-0.39, 0.29) is 5.91 Å². The van der Waals surface area contributed by atoms with Crippen molar-refractivity contribution in [2.24, 2.45) is 0 Å². The lowest BCUT2D eigenvalue weighted by molar-refractivity contribution is -0.122. The summed E-state index contributed by atoms with van der Waals surface area (Å²) < 4.78 is 23.2. The summed E-state index contributed by atoms with van der Waals surface area (Å²) in [6, 6.07) is 21.7. The van der Waals surface area contributed by atoms with Crippen LogP contribution in [0.5, 0.6) is 17.2 Å². The number of hydrogen-bond donors (Lipinski definition) is 1. The normalized spacial score (nSPS) is 18.4. The molecule has 1 amide bonds. The van der Waals surface area contributed by atoms with Crippen molar-refractivity contribution >= 4 is 22.6 Å². The minimum atomic E-state index is -0.975. The summed E-state index contributed by atoms with van der Waals surface area (Å²) in [5, 5.41) is 3.54. The van der Waals surface area contributed by atoms with Crippen molar-refractivity contribution in [3.05, 3.63) is 94.3 Å². The number of anilines is 1. The van der Waals surface area contributed by atoms with Crippen molar-refractivity contribution in [2.75, 3.05) is 18.5 Å². The zero-order valence-electron chi connectivity index (χ0n) is 17.4. The van der Waals surface area contributed by atoms with E-state index in [0.717, 1.165) is 0 Å². The maximum Gasteiger partial charge on any atom is 0.344 e. The molecule has 0 bridgehead atoms. The number of amides is 1. The van der Waals surface area contributed by atoms with Gasteiger partial charge in [0.05, 0.1) is 16.9 Å². The van der Waals surface area contributed by atoms with Gasteiger partial charge in [0.2, 0.25) is 0 Å². The molecule has 1 aromatic heterocycles. The zero-order chi connectivity index (χ0) is 22.4. The molecule has 2 aliphatic rings. The van der Waals surface area contributed by atoms with E-state index in [0.29, 0.717) is 58.2 Å². The van der Waals surface area contributed by atoms with Crippen molar-refractivity contribution in [1.82, 2.24) is 0 Å². The van der Waals surface area contributed by atoms with Crippen molar-refractivity contribution in [2.45, 2.75) is 12.0 Å². The Balaban J connectivity index is 1.49. The molecule has 0 radical (unpaired) electrons. The quantitative estimate of drug-likeness (QED) is 0.482. The Morgan fingerprint density at radius 3 is 2.48 bits per heavy atom.